The van der Waals surface area contributed by atoms with Crippen LogP contribution < -0.4 is 11.1 Å². The Balaban J connectivity index is 1.84. The molecule has 2 aromatic rings. The molecule has 8 heteroatoms. The normalized spacial score (nSPS) is 14.3. The van der Waals surface area contributed by atoms with Gasteiger partial charge in [0.05, 0.1) is 12.2 Å². The molecule has 1 aliphatic heterocycles. The van der Waals surface area contributed by atoms with Crippen molar-refractivity contribution in [2.45, 2.75) is 38.5 Å². The predicted octanol–water partition coefficient (Wildman–Crippen LogP) is 2.95. The SMILES string of the molecule is NC(=O)c1ccc(NCc2c(C(F)(F)F)nc3n2CCCC3)cc1. The molecular weight excluding hydrogens is 321 g/mol. The van der Waals surface area contributed by atoms with Gasteiger partial charge in [-0.1, -0.05) is 0 Å². The van der Waals surface area contributed by atoms with Gasteiger partial charge < -0.3 is 15.6 Å². The highest BCUT2D eigenvalue weighted by molar-refractivity contribution is 5.93. The molecule has 3 rings (SSSR count). The molecule has 0 unspecified atom stereocenters. The average Bonchev–Trinajstić information content (AvgIpc) is 2.92. The van der Waals surface area contributed by atoms with Gasteiger partial charge in [0.25, 0.3) is 0 Å². The molecule has 0 bridgehead atoms. The number of alkyl halides is 3. The van der Waals surface area contributed by atoms with E-state index in [-0.39, 0.29) is 12.2 Å². The van der Waals surface area contributed by atoms with Crippen LogP contribution in [-0.2, 0) is 25.7 Å². The number of halogens is 3. The highest BCUT2D eigenvalue weighted by Crippen LogP contribution is 2.33. The number of aromatic nitrogens is 2. The summed E-state index contributed by atoms with van der Waals surface area (Å²) in [5.74, 6) is -0.0554. The molecule has 1 aliphatic rings. The monoisotopic (exact) mass is 338 g/mol. The van der Waals surface area contributed by atoms with Crippen molar-refractivity contribution < 1.29 is 18.0 Å². The van der Waals surface area contributed by atoms with Gasteiger partial charge in [0, 0.05) is 24.2 Å². The molecule has 5 nitrogen and oxygen atoms in total. The lowest BCUT2D eigenvalue weighted by Crippen LogP contribution is -2.17. The van der Waals surface area contributed by atoms with Crippen LogP contribution in [0, 0.1) is 0 Å². The number of anilines is 1. The number of aryl methyl sites for hydroxylation is 1. The van der Waals surface area contributed by atoms with Gasteiger partial charge >= 0.3 is 6.18 Å². The number of nitrogens with zero attached hydrogens (tertiary/aromatic N) is 2. The van der Waals surface area contributed by atoms with Gasteiger partial charge in [0.2, 0.25) is 5.91 Å². The first-order valence-corrected chi connectivity index (χ1v) is 7.65. The quantitative estimate of drug-likeness (QED) is 0.900. The molecule has 0 radical (unpaired) electrons. The Morgan fingerprint density at radius 1 is 1.25 bits per heavy atom. The van der Waals surface area contributed by atoms with Crippen molar-refractivity contribution in [1.82, 2.24) is 9.55 Å². The summed E-state index contributed by atoms with van der Waals surface area (Å²) in [4.78, 5) is 14.8. The van der Waals surface area contributed by atoms with Gasteiger partial charge in [-0.3, -0.25) is 4.79 Å². The average molecular weight is 338 g/mol. The Morgan fingerprint density at radius 2 is 1.96 bits per heavy atom. The van der Waals surface area contributed by atoms with Crippen molar-refractivity contribution >= 4 is 11.6 Å². The molecule has 0 atom stereocenters. The summed E-state index contributed by atoms with van der Waals surface area (Å²) in [5, 5.41) is 2.96. The van der Waals surface area contributed by atoms with E-state index in [2.05, 4.69) is 10.3 Å². The van der Waals surface area contributed by atoms with Crippen molar-refractivity contribution in [2.24, 2.45) is 5.73 Å². The second-order valence-corrected chi connectivity index (χ2v) is 5.72. The Hall–Kier alpha value is -2.51. The summed E-state index contributed by atoms with van der Waals surface area (Å²) >= 11 is 0. The zero-order valence-electron chi connectivity index (χ0n) is 12.9. The summed E-state index contributed by atoms with van der Waals surface area (Å²) in [6, 6.07) is 6.28. The van der Waals surface area contributed by atoms with Crippen molar-refractivity contribution in [3.05, 3.63) is 47.0 Å². The van der Waals surface area contributed by atoms with Gasteiger partial charge in [0.15, 0.2) is 5.69 Å². The minimum atomic E-state index is -4.48. The molecule has 0 fully saturated rings. The topological polar surface area (TPSA) is 72.9 Å². The second kappa shape index (κ2) is 6.18. The summed E-state index contributed by atoms with van der Waals surface area (Å²) in [5.41, 5.74) is 5.45. The van der Waals surface area contributed by atoms with Crippen LogP contribution in [0.15, 0.2) is 24.3 Å². The summed E-state index contributed by atoms with van der Waals surface area (Å²) in [6.07, 6.45) is -2.20. The van der Waals surface area contributed by atoms with Crippen molar-refractivity contribution in [3.63, 3.8) is 0 Å². The highest BCUT2D eigenvalue weighted by atomic mass is 19.4. The number of hydrogen-bond donors (Lipinski definition) is 2. The highest BCUT2D eigenvalue weighted by Gasteiger charge is 2.39. The third kappa shape index (κ3) is 3.22. The van der Waals surface area contributed by atoms with Crippen LogP contribution in [-0.4, -0.2) is 15.5 Å². The van der Waals surface area contributed by atoms with Crippen LogP contribution in [0.4, 0.5) is 18.9 Å². The Bertz CT molecular complexity index is 750. The number of imidazole rings is 1. The van der Waals surface area contributed by atoms with E-state index in [0.29, 0.717) is 30.0 Å². The van der Waals surface area contributed by atoms with Crippen molar-refractivity contribution in [1.29, 1.82) is 0 Å². The van der Waals surface area contributed by atoms with E-state index in [1.165, 1.54) is 12.1 Å². The number of rotatable bonds is 4. The van der Waals surface area contributed by atoms with Gasteiger partial charge in [-0.15, -0.1) is 0 Å². The van der Waals surface area contributed by atoms with Crippen LogP contribution in [0.2, 0.25) is 0 Å². The van der Waals surface area contributed by atoms with E-state index in [1.807, 2.05) is 0 Å². The molecule has 0 aliphatic carbocycles. The zero-order chi connectivity index (χ0) is 17.3. The number of fused-ring (bicyclic) bond motifs is 1. The lowest BCUT2D eigenvalue weighted by atomic mass is 10.1. The van der Waals surface area contributed by atoms with Crippen LogP contribution in [0.5, 0.6) is 0 Å². The van der Waals surface area contributed by atoms with Gasteiger partial charge in [-0.05, 0) is 37.1 Å². The van der Waals surface area contributed by atoms with Crippen LogP contribution >= 0.6 is 0 Å². The number of primary amides is 1. The van der Waals surface area contributed by atoms with Crippen molar-refractivity contribution in [2.75, 3.05) is 5.32 Å². The van der Waals surface area contributed by atoms with E-state index in [4.69, 9.17) is 5.73 Å². The Morgan fingerprint density at radius 3 is 2.58 bits per heavy atom. The smallest absolute Gasteiger partial charge is 0.379 e. The molecule has 0 saturated carbocycles. The summed E-state index contributed by atoms with van der Waals surface area (Å²) < 4.78 is 41.4. The largest absolute Gasteiger partial charge is 0.435 e. The minimum Gasteiger partial charge on any atom is -0.379 e. The first-order chi connectivity index (χ1) is 11.4. The van der Waals surface area contributed by atoms with Crippen LogP contribution in [0.25, 0.3) is 0 Å². The molecule has 2 heterocycles. The summed E-state index contributed by atoms with van der Waals surface area (Å²) in [6.45, 7) is 0.563. The Labute approximate surface area is 136 Å². The first kappa shape index (κ1) is 16.4. The zero-order valence-corrected chi connectivity index (χ0v) is 12.9. The lowest BCUT2D eigenvalue weighted by Gasteiger charge is -2.17. The maximum absolute atomic E-state index is 13.2. The van der Waals surface area contributed by atoms with Gasteiger partial charge in [-0.25, -0.2) is 4.98 Å². The molecule has 1 amide bonds. The maximum Gasteiger partial charge on any atom is 0.435 e. The first-order valence-electron chi connectivity index (χ1n) is 7.65. The fraction of sp³-hybridized carbons (Fsp3) is 0.375. The molecule has 128 valence electrons. The van der Waals surface area contributed by atoms with E-state index in [0.717, 1.165) is 12.8 Å². The predicted molar refractivity (Wildman–Crippen MR) is 82.5 cm³/mol. The lowest BCUT2D eigenvalue weighted by molar-refractivity contribution is -0.141. The molecule has 0 saturated heterocycles. The van der Waals surface area contributed by atoms with Gasteiger partial charge in [-0.2, -0.15) is 13.2 Å². The third-order valence-electron chi connectivity index (χ3n) is 4.08. The Kier molecular flexibility index (Phi) is 4.21. The fourth-order valence-corrected chi connectivity index (χ4v) is 2.89. The van der Waals surface area contributed by atoms with Crippen LogP contribution in [0.1, 0.15) is 40.4 Å². The molecular formula is C16H17F3N4O. The number of benzene rings is 1. The van der Waals surface area contributed by atoms with E-state index >= 15 is 0 Å². The molecule has 1 aromatic carbocycles. The number of amides is 1. The molecule has 24 heavy (non-hydrogen) atoms. The number of carbonyl (C=O) groups excluding carboxylic acids is 1. The summed E-state index contributed by atoms with van der Waals surface area (Å²) in [7, 11) is 0. The van der Waals surface area contributed by atoms with Gasteiger partial charge in [0.1, 0.15) is 5.82 Å². The van der Waals surface area contributed by atoms with Crippen LogP contribution in [0.3, 0.4) is 0 Å². The number of hydrogen-bond acceptors (Lipinski definition) is 3. The number of carbonyl (C=O) groups is 1. The van der Waals surface area contributed by atoms with E-state index < -0.39 is 17.8 Å². The standard InChI is InChI=1S/C16H17F3N4O/c17-16(18,19)14-12(23-8-2-1-3-13(23)22-14)9-21-11-6-4-10(5-7-11)15(20)24/h4-7,21H,1-3,8-9H2,(H2,20,24). The molecule has 1 aromatic heterocycles. The minimum absolute atomic E-state index is 0.0117. The van der Waals surface area contributed by atoms with E-state index in [9.17, 15) is 18.0 Å². The third-order valence-corrected chi connectivity index (χ3v) is 4.08. The molecule has 0 spiro atoms. The fourth-order valence-electron chi connectivity index (χ4n) is 2.89. The second-order valence-electron chi connectivity index (χ2n) is 5.72. The molecule has 3 N–H and O–H groups in total. The van der Waals surface area contributed by atoms with Crippen molar-refractivity contribution in [3.8, 4) is 0 Å². The number of nitrogens with one attached hydrogen (secondary N) is 1. The maximum atomic E-state index is 13.2. The van der Waals surface area contributed by atoms with E-state index in [1.54, 1.807) is 16.7 Å². The number of nitrogens with two attached hydrogens (primary N) is 1.